The lowest BCUT2D eigenvalue weighted by Gasteiger charge is -2.16. The van der Waals surface area contributed by atoms with E-state index in [1.54, 1.807) is 11.3 Å². The number of aliphatic hydroxyl groups is 1. The number of para-hydroxylation sites is 1. The molecule has 0 saturated heterocycles. The summed E-state index contributed by atoms with van der Waals surface area (Å²) in [6.45, 7) is 4.54. The molecule has 0 spiro atoms. The number of thiazole rings is 1. The van der Waals surface area contributed by atoms with Gasteiger partial charge in [0.05, 0.1) is 15.2 Å². The first-order valence-corrected chi connectivity index (χ1v) is 6.47. The standard InChI is InChI=1S/C13H17NOS/c1-9(2)10(8-15)7-13-14-11-5-3-4-6-12(11)16-13/h3-6,9-10,15H,7-8H2,1-2H3. The molecule has 0 fully saturated rings. The molecule has 0 amide bonds. The molecule has 1 aromatic carbocycles. The largest absolute Gasteiger partial charge is 0.396 e. The lowest BCUT2D eigenvalue weighted by atomic mass is 9.94. The van der Waals surface area contributed by atoms with Gasteiger partial charge in [-0.25, -0.2) is 4.98 Å². The van der Waals surface area contributed by atoms with Crippen molar-refractivity contribution in [3.05, 3.63) is 29.3 Å². The quantitative estimate of drug-likeness (QED) is 0.883. The maximum Gasteiger partial charge on any atom is 0.0942 e. The highest BCUT2D eigenvalue weighted by Gasteiger charge is 2.15. The number of hydrogen-bond donors (Lipinski definition) is 1. The Labute approximate surface area is 100.0 Å². The van der Waals surface area contributed by atoms with Crippen molar-refractivity contribution >= 4 is 21.6 Å². The Morgan fingerprint density at radius 1 is 1.31 bits per heavy atom. The Balaban J connectivity index is 2.20. The maximum atomic E-state index is 9.31. The van der Waals surface area contributed by atoms with Gasteiger partial charge in [-0.05, 0) is 24.0 Å². The van der Waals surface area contributed by atoms with Crippen LogP contribution in [0.15, 0.2) is 24.3 Å². The Morgan fingerprint density at radius 3 is 2.69 bits per heavy atom. The number of benzene rings is 1. The number of aliphatic hydroxyl groups excluding tert-OH is 1. The highest BCUT2D eigenvalue weighted by molar-refractivity contribution is 7.18. The van der Waals surface area contributed by atoms with Crippen molar-refractivity contribution in [2.24, 2.45) is 11.8 Å². The summed E-state index contributed by atoms with van der Waals surface area (Å²) < 4.78 is 1.23. The second-order valence-corrected chi connectivity index (χ2v) is 5.58. The van der Waals surface area contributed by atoms with Gasteiger partial charge in [-0.1, -0.05) is 26.0 Å². The molecule has 1 atom stereocenters. The van der Waals surface area contributed by atoms with Crippen LogP contribution in [0.5, 0.6) is 0 Å². The first-order chi connectivity index (χ1) is 7.70. The van der Waals surface area contributed by atoms with Crippen molar-refractivity contribution in [2.45, 2.75) is 20.3 Å². The minimum Gasteiger partial charge on any atom is -0.396 e. The lowest BCUT2D eigenvalue weighted by molar-refractivity contribution is 0.189. The summed E-state index contributed by atoms with van der Waals surface area (Å²) in [5, 5.41) is 10.4. The summed E-state index contributed by atoms with van der Waals surface area (Å²) in [4.78, 5) is 4.59. The van der Waals surface area contributed by atoms with Gasteiger partial charge in [-0.2, -0.15) is 0 Å². The van der Waals surface area contributed by atoms with Gasteiger partial charge in [0.2, 0.25) is 0 Å². The Kier molecular flexibility index (Phi) is 3.56. The van der Waals surface area contributed by atoms with Crippen LogP contribution in [-0.2, 0) is 6.42 Å². The average Bonchev–Trinajstić information content (AvgIpc) is 2.67. The third-order valence-corrected chi connectivity index (χ3v) is 4.01. The molecule has 0 bridgehead atoms. The minimum atomic E-state index is 0.244. The number of hydrogen-bond acceptors (Lipinski definition) is 3. The molecule has 0 aliphatic rings. The molecular formula is C13H17NOS. The summed E-state index contributed by atoms with van der Waals surface area (Å²) in [6.07, 6.45) is 0.882. The van der Waals surface area contributed by atoms with Gasteiger partial charge in [0.15, 0.2) is 0 Å². The molecule has 86 valence electrons. The third kappa shape index (κ3) is 2.42. The van der Waals surface area contributed by atoms with E-state index < -0.39 is 0 Å². The van der Waals surface area contributed by atoms with Crippen LogP contribution < -0.4 is 0 Å². The molecule has 1 unspecified atom stereocenters. The van der Waals surface area contributed by atoms with Gasteiger partial charge in [0.1, 0.15) is 0 Å². The molecular weight excluding hydrogens is 218 g/mol. The SMILES string of the molecule is CC(C)C(CO)Cc1nc2ccccc2s1. The van der Waals surface area contributed by atoms with Crippen LogP contribution in [0.4, 0.5) is 0 Å². The van der Waals surface area contributed by atoms with Crippen LogP contribution in [-0.4, -0.2) is 16.7 Å². The number of rotatable bonds is 4. The van der Waals surface area contributed by atoms with Crippen molar-refractivity contribution in [3.63, 3.8) is 0 Å². The van der Waals surface area contributed by atoms with Crippen LogP contribution in [0, 0.1) is 11.8 Å². The normalized spacial score (nSPS) is 13.5. The van der Waals surface area contributed by atoms with Crippen LogP contribution in [0.25, 0.3) is 10.2 Å². The molecule has 0 radical (unpaired) electrons. The predicted octanol–water partition coefficient (Wildman–Crippen LogP) is 3.10. The van der Waals surface area contributed by atoms with Crippen molar-refractivity contribution in [3.8, 4) is 0 Å². The molecule has 2 nitrogen and oxygen atoms in total. The first kappa shape index (κ1) is 11.6. The molecule has 1 heterocycles. The number of aromatic nitrogens is 1. The van der Waals surface area contributed by atoms with Gasteiger partial charge in [-0.15, -0.1) is 11.3 Å². The molecule has 16 heavy (non-hydrogen) atoms. The zero-order valence-corrected chi connectivity index (χ0v) is 10.5. The van der Waals surface area contributed by atoms with E-state index in [0.29, 0.717) is 11.8 Å². The Bertz CT molecular complexity index is 431. The van der Waals surface area contributed by atoms with E-state index in [1.165, 1.54) is 4.70 Å². The molecule has 2 rings (SSSR count). The summed E-state index contributed by atoms with van der Waals surface area (Å²) in [5.74, 6) is 0.817. The lowest BCUT2D eigenvalue weighted by Crippen LogP contribution is -2.16. The monoisotopic (exact) mass is 235 g/mol. The molecule has 0 saturated carbocycles. The zero-order valence-electron chi connectivity index (χ0n) is 9.68. The van der Waals surface area contributed by atoms with Crippen molar-refractivity contribution in [1.29, 1.82) is 0 Å². The molecule has 1 aromatic heterocycles. The van der Waals surface area contributed by atoms with E-state index in [4.69, 9.17) is 0 Å². The predicted molar refractivity (Wildman–Crippen MR) is 68.7 cm³/mol. The second-order valence-electron chi connectivity index (χ2n) is 4.47. The van der Waals surface area contributed by atoms with Crippen molar-refractivity contribution in [1.82, 2.24) is 4.98 Å². The van der Waals surface area contributed by atoms with Crippen LogP contribution in [0.1, 0.15) is 18.9 Å². The van der Waals surface area contributed by atoms with E-state index in [9.17, 15) is 5.11 Å². The fraction of sp³-hybridized carbons (Fsp3) is 0.462. The van der Waals surface area contributed by atoms with E-state index in [-0.39, 0.29) is 6.61 Å². The molecule has 3 heteroatoms. The van der Waals surface area contributed by atoms with Gasteiger partial charge < -0.3 is 5.11 Å². The second kappa shape index (κ2) is 4.93. The summed E-state index contributed by atoms with van der Waals surface area (Å²) >= 11 is 1.74. The fourth-order valence-electron chi connectivity index (χ4n) is 1.74. The highest BCUT2D eigenvalue weighted by atomic mass is 32.1. The molecule has 2 aromatic rings. The zero-order chi connectivity index (χ0) is 11.5. The van der Waals surface area contributed by atoms with E-state index in [1.807, 2.05) is 18.2 Å². The van der Waals surface area contributed by atoms with Crippen molar-refractivity contribution < 1.29 is 5.11 Å². The fourth-order valence-corrected chi connectivity index (χ4v) is 2.80. The van der Waals surface area contributed by atoms with Crippen LogP contribution >= 0.6 is 11.3 Å². The Hall–Kier alpha value is -0.930. The third-order valence-electron chi connectivity index (χ3n) is 2.95. The van der Waals surface area contributed by atoms with Crippen LogP contribution in [0.2, 0.25) is 0 Å². The highest BCUT2D eigenvalue weighted by Crippen LogP contribution is 2.25. The van der Waals surface area contributed by atoms with Gasteiger partial charge in [-0.3, -0.25) is 0 Å². The van der Waals surface area contributed by atoms with E-state index in [0.717, 1.165) is 16.9 Å². The minimum absolute atomic E-state index is 0.244. The maximum absolute atomic E-state index is 9.31. The topological polar surface area (TPSA) is 33.1 Å². The molecule has 0 aliphatic heterocycles. The van der Waals surface area contributed by atoms with Gasteiger partial charge in [0, 0.05) is 13.0 Å². The van der Waals surface area contributed by atoms with Gasteiger partial charge >= 0.3 is 0 Å². The van der Waals surface area contributed by atoms with E-state index >= 15 is 0 Å². The summed E-state index contributed by atoms with van der Waals surface area (Å²) in [7, 11) is 0. The van der Waals surface area contributed by atoms with Gasteiger partial charge in [0.25, 0.3) is 0 Å². The van der Waals surface area contributed by atoms with Crippen LogP contribution in [0.3, 0.4) is 0 Å². The molecule has 1 N–H and O–H groups in total. The number of fused-ring (bicyclic) bond motifs is 1. The first-order valence-electron chi connectivity index (χ1n) is 5.66. The average molecular weight is 235 g/mol. The molecule has 0 aliphatic carbocycles. The van der Waals surface area contributed by atoms with E-state index in [2.05, 4.69) is 24.9 Å². The van der Waals surface area contributed by atoms with Crippen molar-refractivity contribution in [2.75, 3.05) is 6.61 Å². The smallest absolute Gasteiger partial charge is 0.0942 e. The Morgan fingerprint density at radius 2 is 2.06 bits per heavy atom. The number of nitrogens with zero attached hydrogens (tertiary/aromatic N) is 1. The summed E-state index contributed by atoms with van der Waals surface area (Å²) in [5.41, 5.74) is 1.07. The summed E-state index contributed by atoms with van der Waals surface area (Å²) in [6, 6.07) is 8.19.